The third-order valence-corrected chi connectivity index (χ3v) is 6.38. The number of allylic oxidation sites excluding steroid dienone is 1. The van der Waals surface area contributed by atoms with Gasteiger partial charge in [-0.2, -0.15) is 0 Å². The molecule has 3 rings (SSSR count). The van der Waals surface area contributed by atoms with Crippen LogP contribution < -0.4 is 0 Å². The Morgan fingerprint density at radius 2 is 1.37 bits per heavy atom. The smallest absolute Gasteiger partial charge is 0.00575 e. The molecule has 0 saturated carbocycles. The van der Waals surface area contributed by atoms with Crippen molar-refractivity contribution in [1.29, 1.82) is 0 Å². The summed E-state index contributed by atoms with van der Waals surface area (Å²) in [5.74, 6) is 1.21. The quantitative estimate of drug-likeness (QED) is 0.478. The van der Waals surface area contributed by atoms with E-state index in [0.717, 1.165) is 6.42 Å². The summed E-state index contributed by atoms with van der Waals surface area (Å²) in [7, 11) is 0. The normalized spacial score (nSPS) is 14.5. The molecule has 0 spiro atoms. The van der Waals surface area contributed by atoms with Gasteiger partial charge in [0.2, 0.25) is 0 Å². The Balaban J connectivity index is 2.30. The molecule has 30 heavy (non-hydrogen) atoms. The van der Waals surface area contributed by atoms with Crippen molar-refractivity contribution in [2.75, 3.05) is 0 Å². The molecule has 1 aliphatic carbocycles. The SMILES string of the molecule is CC(C)CC1=Cc2c(ccc(C(C)C)c2-c2cc(C(C)(C)C)cc(C(C)(C)C)c2)C1. The van der Waals surface area contributed by atoms with E-state index in [2.05, 4.69) is 106 Å². The standard InChI is InChI=1S/C30H42/c1-19(2)13-21-14-22-11-12-26(20(3)4)28(27(22)15-21)23-16-24(29(5,6)7)18-25(17-23)30(8,9)10/h11-12,15-20H,13-14H2,1-10H3. The molecule has 162 valence electrons. The first kappa shape index (κ1) is 22.9. The van der Waals surface area contributed by atoms with Crippen LogP contribution in [0.2, 0.25) is 0 Å². The summed E-state index contributed by atoms with van der Waals surface area (Å²) in [6.45, 7) is 23.3. The molecule has 0 aliphatic heterocycles. The molecule has 0 heterocycles. The number of rotatable bonds is 4. The van der Waals surface area contributed by atoms with Gasteiger partial charge >= 0.3 is 0 Å². The Bertz CT molecular complexity index is 921. The Morgan fingerprint density at radius 3 is 1.83 bits per heavy atom. The summed E-state index contributed by atoms with van der Waals surface area (Å²) in [5, 5.41) is 0. The van der Waals surface area contributed by atoms with E-state index in [-0.39, 0.29) is 10.8 Å². The highest BCUT2D eigenvalue weighted by Crippen LogP contribution is 2.43. The average Bonchev–Trinajstić information content (AvgIpc) is 3.00. The molecule has 0 unspecified atom stereocenters. The predicted molar refractivity (Wildman–Crippen MR) is 135 cm³/mol. The molecular formula is C30H42. The molecule has 0 bridgehead atoms. The topological polar surface area (TPSA) is 0 Å². The van der Waals surface area contributed by atoms with Crippen LogP contribution >= 0.6 is 0 Å². The first-order chi connectivity index (χ1) is 13.8. The maximum absolute atomic E-state index is 2.51. The van der Waals surface area contributed by atoms with Crippen molar-refractivity contribution in [3.63, 3.8) is 0 Å². The van der Waals surface area contributed by atoms with Crippen LogP contribution in [0.25, 0.3) is 17.2 Å². The van der Waals surface area contributed by atoms with E-state index in [4.69, 9.17) is 0 Å². The highest BCUT2D eigenvalue weighted by atomic mass is 14.3. The van der Waals surface area contributed by atoms with Gasteiger partial charge in [-0.25, -0.2) is 0 Å². The largest absolute Gasteiger partial charge is 0.0649 e. The average molecular weight is 403 g/mol. The van der Waals surface area contributed by atoms with Gasteiger partial charge in [-0.15, -0.1) is 0 Å². The van der Waals surface area contributed by atoms with E-state index < -0.39 is 0 Å². The van der Waals surface area contributed by atoms with Gasteiger partial charge in [0.05, 0.1) is 0 Å². The van der Waals surface area contributed by atoms with Gasteiger partial charge in [0.25, 0.3) is 0 Å². The molecule has 0 radical (unpaired) electrons. The molecule has 0 nitrogen and oxygen atoms in total. The number of fused-ring (bicyclic) bond motifs is 1. The van der Waals surface area contributed by atoms with Crippen molar-refractivity contribution in [2.24, 2.45) is 5.92 Å². The minimum atomic E-state index is 0.130. The van der Waals surface area contributed by atoms with Gasteiger partial charge in [0, 0.05) is 0 Å². The van der Waals surface area contributed by atoms with Crippen molar-refractivity contribution in [2.45, 2.75) is 98.8 Å². The van der Waals surface area contributed by atoms with Crippen molar-refractivity contribution in [3.05, 3.63) is 63.7 Å². The molecule has 2 aromatic rings. The van der Waals surface area contributed by atoms with Crippen LogP contribution in [0.5, 0.6) is 0 Å². The zero-order chi connectivity index (χ0) is 22.4. The van der Waals surface area contributed by atoms with Crippen LogP contribution in [0.1, 0.15) is 109 Å². The van der Waals surface area contributed by atoms with Crippen LogP contribution in [0.15, 0.2) is 35.9 Å². The van der Waals surface area contributed by atoms with Crippen LogP contribution in [0.3, 0.4) is 0 Å². The molecule has 0 N–H and O–H groups in total. The third-order valence-electron chi connectivity index (χ3n) is 6.38. The molecule has 0 fully saturated rings. The van der Waals surface area contributed by atoms with Crippen LogP contribution in [-0.2, 0) is 17.3 Å². The van der Waals surface area contributed by atoms with E-state index in [1.807, 2.05) is 0 Å². The first-order valence-corrected chi connectivity index (χ1v) is 11.8. The molecule has 0 saturated heterocycles. The van der Waals surface area contributed by atoms with Crippen LogP contribution in [0.4, 0.5) is 0 Å². The summed E-state index contributed by atoms with van der Waals surface area (Å²) in [4.78, 5) is 0. The summed E-state index contributed by atoms with van der Waals surface area (Å²) < 4.78 is 0. The van der Waals surface area contributed by atoms with E-state index in [0.29, 0.717) is 11.8 Å². The maximum atomic E-state index is 2.51. The van der Waals surface area contributed by atoms with E-state index in [1.165, 1.54) is 45.4 Å². The highest BCUT2D eigenvalue weighted by molar-refractivity contribution is 5.84. The molecule has 0 amide bonds. The fraction of sp³-hybridized carbons (Fsp3) is 0.533. The lowest BCUT2D eigenvalue weighted by Gasteiger charge is -2.27. The second-order valence-corrected chi connectivity index (χ2v) is 12.1. The minimum absolute atomic E-state index is 0.130. The van der Waals surface area contributed by atoms with E-state index in [9.17, 15) is 0 Å². The Labute approximate surface area is 185 Å². The molecule has 1 aliphatic rings. The first-order valence-electron chi connectivity index (χ1n) is 11.8. The van der Waals surface area contributed by atoms with Crippen molar-refractivity contribution >= 4 is 6.08 Å². The summed E-state index contributed by atoms with van der Waals surface area (Å²) in [5.41, 5.74) is 12.0. The predicted octanol–water partition coefficient (Wildman–Crippen LogP) is 9.06. The second-order valence-electron chi connectivity index (χ2n) is 12.1. The number of hydrogen-bond acceptors (Lipinski definition) is 0. The monoisotopic (exact) mass is 402 g/mol. The summed E-state index contributed by atoms with van der Waals surface area (Å²) >= 11 is 0. The fourth-order valence-electron chi connectivity index (χ4n) is 4.60. The molecule has 0 heteroatoms. The second kappa shape index (κ2) is 8.03. The summed E-state index contributed by atoms with van der Waals surface area (Å²) in [6.07, 6.45) is 4.82. The molecule has 2 aromatic carbocycles. The van der Waals surface area contributed by atoms with Crippen molar-refractivity contribution in [3.8, 4) is 11.1 Å². The van der Waals surface area contributed by atoms with E-state index >= 15 is 0 Å². The lowest BCUT2D eigenvalue weighted by molar-refractivity contribution is 0.569. The van der Waals surface area contributed by atoms with Gasteiger partial charge in [-0.05, 0) is 74.5 Å². The molecule has 0 aromatic heterocycles. The van der Waals surface area contributed by atoms with Crippen LogP contribution in [-0.4, -0.2) is 0 Å². The molecular weight excluding hydrogens is 360 g/mol. The zero-order valence-corrected chi connectivity index (χ0v) is 21.0. The van der Waals surface area contributed by atoms with Gasteiger partial charge in [0.1, 0.15) is 0 Å². The van der Waals surface area contributed by atoms with Gasteiger partial charge in [-0.3, -0.25) is 0 Å². The minimum Gasteiger partial charge on any atom is -0.0649 e. The highest BCUT2D eigenvalue weighted by Gasteiger charge is 2.25. The van der Waals surface area contributed by atoms with Crippen LogP contribution in [0, 0.1) is 5.92 Å². The maximum Gasteiger partial charge on any atom is -0.00575 e. The summed E-state index contributed by atoms with van der Waals surface area (Å²) in [6, 6.07) is 12.1. The van der Waals surface area contributed by atoms with Crippen molar-refractivity contribution < 1.29 is 0 Å². The lowest BCUT2D eigenvalue weighted by Crippen LogP contribution is -2.16. The number of hydrogen-bond donors (Lipinski definition) is 0. The fourth-order valence-corrected chi connectivity index (χ4v) is 4.60. The van der Waals surface area contributed by atoms with Gasteiger partial charge < -0.3 is 0 Å². The van der Waals surface area contributed by atoms with E-state index in [1.54, 1.807) is 5.57 Å². The Morgan fingerprint density at radius 1 is 0.800 bits per heavy atom. The Kier molecular flexibility index (Phi) is 6.11. The molecule has 0 atom stereocenters. The number of benzene rings is 2. The third kappa shape index (κ3) is 4.74. The van der Waals surface area contributed by atoms with Gasteiger partial charge in [0.15, 0.2) is 0 Å². The Hall–Kier alpha value is -1.82. The lowest BCUT2D eigenvalue weighted by atomic mass is 9.77. The zero-order valence-electron chi connectivity index (χ0n) is 21.0. The van der Waals surface area contributed by atoms with Crippen molar-refractivity contribution in [1.82, 2.24) is 0 Å². The van der Waals surface area contributed by atoms with Gasteiger partial charge in [-0.1, -0.05) is 111 Å².